The van der Waals surface area contributed by atoms with Crippen LogP contribution in [0.25, 0.3) is 10.1 Å². The molecule has 4 rings (SSSR count). The maximum atomic E-state index is 12.5. The molecule has 0 amide bonds. The van der Waals surface area contributed by atoms with E-state index in [0.29, 0.717) is 6.54 Å². The largest absolute Gasteiger partial charge is 0.310 e. The molecule has 5 heteroatoms. The molecular formula is C20H23N3OS. The monoisotopic (exact) mass is 353 g/mol. The van der Waals surface area contributed by atoms with Gasteiger partial charge in [-0.2, -0.15) is 0 Å². The molecule has 1 aliphatic heterocycles. The highest BCUT2D eigenvalue weighted by molar-refractivity contribution is 7.19. The first kappa shape index (κ1) is 16.5. The van der Waals surface area contributed by atoms with Gasteiger partial charge in [-0.05, 0) is 23.9 Å². The summed E-state index contributed by atoms with van der Waals surface area (Å²) in [6.45, 7) is 8.86. The Morgan fingerprint density at radius 3 is 2.88 bits per heavy atom. The van der Waals surface area contributed by atoms with Gasteiger partial charge in [0.1, 0.15) is 5.82 Å². The van der Waals surface area contributed by atoms with Crippen LogP contribution in [0, 0.1) is 6.92 Å². The van der Waals surface area contributed by atoms with Crippen molar-refractivity contribution in [1.82, 2.24) is 14.9 Å². The summed E-state index contributed by atoms with van der Waals surface area (Å²) in [5.74, 6) is 1.05. The summed E-state index contributed by atoms with van der Waals surface area (Å²) in [6.07, 6.45) is 0.850. The highest BCUT2D eigenvalue weighted by atomic mass is 32.1. The van der Waals surface area contributed by atoms with Crippen LogP contribution < -0.4 is 5.56 Å². The van der Waals surface area contributed by atoms with E-state index >= 15 is 0 Å². The highest BCUT2D eigenvalue weighted by Crippen LogP contribution is 2.32. The summed E-state index contributed by atoms with van der Waals surface area (Å²) in [6, 6.07) is 8.57. The van der Waals surface area contributed by atoms with Crippen LogP contribution >= 0.6 is 11.3 Å². The van der Waals surface area contributed by atoms with Gasteiger partial charge in [-0.1, -0.05) is 32.0 Å². The van der Waals surface area contributed by atoms with Crippen LogP contribution in [0.4, 0.5) is 0 Å². The number of aryl methyl sites for hydroxylation is 1. The van der Waals surface area contributed by atoms with Gasteiger partial charge in [0, 0.05) is 41.6 Å². The van der Waals surface area contributed by atoms with E-state index in [-0.39, 0.29) is 11.5 Å². The number of rotatable bonds is 3. The zero-order chi connectivity index (χ0) is 17.6. The predicted molar refractivity (Wildman–Crippen MR) is 103 cm³/mol. The maximum absolute atomic E-state index is 12.5. The first-order chi connectivity index (χ1) is 12.0. The van der Waals surface area contributed by atoms with Gasteiger partial charge in [0.25, 0.3) is 5.56 Å². The summed E-state index contributed by atoms with van der Waals surface area (Å²) in [7, 11) is 0. The molecule has 4 nitrogen and oxygen atoms in total. The quantitative estimate of drug-likeness (QED) is 0.775. The van der Waals surface area contributed by atoms with E-state index in [9.17, 15) is 4.79 Å². The van der Waals surface area contributed by atoms with Crippen molar-refractivity contribution >= 4 is 21.4 Å². The number of nitrogens with one attached hydrogen (secondary N) is 1. The van der Waals surface area contributed by atoms with Gasteiger partial charge < -0.3 is 4.98 Å². The molecule has 3 heterocycles. The van der Waals surface area contributed by atoms with Crippen LogP contribution in [-0.4, -0.2) is 21.4 Å². The number of H-pyrrole nitrogens is 1. The van der Waals surface area contributed by atoms with Crippen molar-refractivity contribution in [1.29, 1.82) is 0 Å². The van der Waals surface area contributed by atoms with Crippen molar-refractivity contribution in [2.45, 2.75) is 46.2 Å². The Morgan fingerprint density at radius 2 is 2.12 bits per heavy atom. The standard InChI is InChI=1S/C20H23N3OS/c1-12(2)19-21-16-8-9-23(10-15(16)20(24)22-19)11-18-13(3)14-6-4-5-7-17(14)25-18/h4-7,12H,8-11H2,1-3H3,(H,21,22,24). The molecule has 130 valence electrons. The van der Waals surface area contributed by atoms with E-state index < -0.39 is 0 Å². The Kier molecular flexibility index (Phi) is 4.21. The van der Waals surface area contributed by atoms with Gasteiger partial charge >= 0.3 is 0 Å². The molecule has 1 aliphatic rings. The number of fused-ring (bicyclic) bond motifs is 2. The minimum absolute atomic E-state index is 0.0338. The zero-order valence-electron chi connectivity index (χ0n) is 14.9. The van der Waals surface area contributed by atoms with Gasteiger partial charge in [-0.3, -0.25) is 9.69 Å². The zero-order valence-corrected chi connectivity index (χ0v) is 15.7. The van der Waals surface area contributed by atoms with Crippen LogP contribution in [0.15, 0.2) is 29.1 Å². The van der Waals surface area contributed by atoms with E-state index in [4.69, 9.17) is 0 Å². The van der Waals surface area contributed by atoms with Crippen LogP contribution in [0.1, 0.15) is 47.3 Å². The fourth-order valence-corrected chi connectivity index (χ4v) is 4.74. The molecule has 0 aliphatic carbocycles. The van der Waals surface area contributed by atoms with Crippen LogP contribution in [0.3, 0.4) is 0 Å². The summed E-state index contributed by atoms with van der Waals surface area (Å²) in [5, 5.41) is 1.35. The second-order valence-corrected chi connectivity index (χ2v) is 8.27. The molecule has 1 aromatic carbocycles. The first-order valence-electron chi connectivity index (χ1n) is 8.84. The summed E-state index contributed by atoms with van der Waals surface area (Å²) in [5.41, 5.74) is 3.23. The maximum Gasteiger partial charge on any atom is 0.255 e. The third kappa shape index (κ3) is 3.02. The van der Waals surface area contributed by atoms with Gasteiger partial charge in [0.15, 0.2) is 0 Å². The lowest BCUT2D eigenvalue weighted by Gasteiger charge is -2.27. The average molecular weight is 353 g/mol. The van der Waals surface area contributed by atoms with Gasteiger partial charge in [-0.15, -0.1) is 11.3 Å². The molecule has 0 saturated heterocycles. The minimum atomic E-state index is 0.0338. The van der Waals surface area contributed by atoms with Crippen molar-refractivity contribution in [3.8, 4) is 0 Å². The second-order valence-electron chi connectivity index (χ2n) is 7.14. The van der Waals surface area contributed by atoms with E-state index in [1.807, 2.05) is 11.3 Å². The molecule has 0 atom stereocenters. The van der Waals surface area contributed by atoms with Crippen molar-refractivity contribution in [3.63, 3.8) is 0 Å². The van der Waals surface area contributed by atoms with Crippen molar-refractivity contribution in [3.05, 3.63) is 62.1 Å². The molecule has 0 radical (unpaired) electrons. The minimum Gasteiger partial charge on any atom is -0.310 e. The molecule has 25 heavy (non-hydrogen) atoms. The third-order valence-electron chi connectivity index (χ3n) is 5.02. The van der Waals surface area contributed by atoms with Gasteiger partial charge in [-0.25, -0.2) is 4.98 Å². The number of benzene rings is 1. The molecule has 1 N–H and O–H groups in total. The Bertz CT molecular complexity index is 986. The second kappa shape index (κ2) is 6.39. The van der Waals surface area contributed by atoms with E-state index in [1.165, 1.54) is 20.5 Å². The van der Waals surface area contributed by atoms with E-state index in [2.05, 4.69) is 59.9 Å². The number of nitrogens with zero attached hydrogens (tertiary/aromatic N) is 2. The number of aromatic amines is 1. The van der Waals surface area contributed by atoms with Gasteiger partial charge in [0.05, 0.1) is 11.3 Å². The number of aromatic nitrogens is 2. The average Bonchev–Trinajstić information content (AvgIpc) is 2.91. The van der Waals surface area contributed by atoms with Crippen molar-refractivity contribution in [2.75, 3.05) is 6.54 Å². The van der Waals surface area contributed by atoms with Crippen molar-refractivity contribution in [2.24, 2.45) is 0 Å². The predicted octanol–water partition coefficient (Wildman–Crippen LogP) is 3.97. The topological polar surface area (TPSA) is 49.0 Å². The molecule has 2 aromatic heterocycles. The molecule has 0 saturated carbocycles. The summed E-state index contributed by atoms with van der Waals surface area (Å²) in [4.78, 5) is 23.9. The lowest BCUT2D eigenvalue weighted by Crippen LogP contribution is -2.35. The summed E-state index contributed by atoms with van der Waals surface area (Å²) < 4.78 is 1.34. The van der Waals surface area contributed by atoms with E-state index in [1.54, 1.807) is 0 Å². The summed E-state index contributed by atoms with van der Waals surface area (Å²) >= 11 is 1.87. The fourth-order valence-electron chi connectivity index (χ4n) is 3.49. The van der Waals surface area contributed by atoms with Crippen LogP contribution in [0.5, 0.6) is 0 Å². The van der Waals surface area contributed by atoms with Crippen LogP contribution in [-0.2, 0) is 19.5 Å². The number of hydrogen-bond acceptors (Lipinski definition) is 4. The smallest absolute Gasteiger partial charge is 0.255 e. The molecule has 0 spiro atoms. The number of hydrogen-bond donors (Lipinski definition) is 1. The van der Waals surface area contributed by atoms with Gasteiger partial charge in [0.2, 0.25) is 0 Å². The van der Waals surface area contributed by atoms with E-state index in [0.717, 1.165) is 36.6 Å². The third-order valence-corrected chi connectivity index (χ3v) is 6.28. The number of thiophene rings is 1. The molecule has 0 unspecified atom stereocenters. The Balaban J connectivity index is 1.60. The van der Waals surface area contributed by atoms with Crippen LogP contribution in [0.2, 0.25) is 0 Å². The first-order valence-corrected chi connectivity index (χ1v) is 9.66. The lowest BCUT2D eigenvalue weighted by atomic mass is 10.1. The van der Waals surface area contributed by atoms with Crippen molar-refractivity contribution < 1.29 is 0 Å². The molecule has 0 bridgehead atoms. The normalized spacial score (nSPS) is 15.0. The molecular weight excluding hydrogens is 330 g/mol. The molecule has 0 fully saturated rings. The lowest BCUT2D eigenvalue weighted by molar-refractivity contribution is 0.243. The SMILES string of the molecule is Cc1c(CN2CCc3nc(C(C)C)[nH]c(=O)c3C2)sc2ccccc12. The highest BCUT2D eigenvalue weighted by Gasteiger charge is 2.23. The molecule has 3 aromatic rings. The Morgan fingerprint density at radius 1 is 1.32 bits per heavy atom. The Hall–Kier alpha value is -1.98. The fraction of sp³-hybridized carbons (Fsp3) is 0.400. The Labute approximate surface area is 151 Å².